The van der Waals surface area contributed by atoms with Crippen LogP contribution >= 0.6 is 23.1 Å². The van der Waals surface area contributed by atoms with Crippen LogP contribution in [0.4, 0.5) is 0 Å². The van der Waals surface area contributed by atoms with Crippen LogP contribution < -0.4 is 10.9 Å². The molecule has 0 aliphatic carbocycles. The Morgan fingerprint density at radius 3 is 3.08 bits per heavy atom. The molecule has 7 nitrogen and oxygen atoms in total. The fourth-order valence-electron chi connectivity index (χ4n) is 2.98. The zero-order chi connectivity index (χ0) is 16.8. The van der Waals surface area contributed by atoms with Gasteiger partial charge in [0.05, 0.1) is 12.1 Å². The van der Waals surface area contributed by atoms with E-state index < -0.39 is 6.10 Å². The van der Waals surface area contributed by atoms with Crippen LogP contribution in [-0.4, -0.2) is 48.8 Å². The van der Waals surface area contributed by atoms with Crippen LogP contribution in [0.25, 0.3) is 15.7 Å². The highest BCUT2D eigenvalue weighted by molar-refractivity contribution is 7.99. The van der Waals surface area contributed by atoms with E-state index in [1.165, 1.54) is 4.68 Å². The number of fused-ring (bicyclic) bond motifs is 3. The first-order chi connectivity index (χ1) is 11.5. The molecule has 3 aromatic rings. The summed E-state index contributed by atoms with van der Waals surface area (Å²) in [5.74, 6) is 1.65. The maximum absolute atomic E-state index is 12.6. The van der Waals surface area contributed by atoms with Crippen molar-refractivity contribution in [3.63, 3.8) is 0 Å². The smallest absolute Gasteiger partial charge is 0.291 e. The Hall–Kier alpha value is -1.84. The topological polar surface area (TPSA) is 88.6 Å². The number of thioether (sulfide) groups is 1. The average Bonchev–Trinajstić information content (AvgIpc) is 3.21. The number of hydrogen-bond acceptors (Lipinski definition) is 6. The minimum Gasteiger partial charge on any atom is -0.390 e. The van der Waals surface area contributed by atoms with Gasteiger partial charge in [-0.25, -0.2) is 4.68 Å². The largest absolute Gasteiger partial charge is 0.390 e. The second-order valence-corrected chi connectivity index (χ2v) is 7.80. The third-order valence-electron chi connectivity index (χ3n) is 4.14. The normalized spacial score (nSPS) is 20.9. The molecule has 0 radical (unpaired) electrons. The minimum atomic E-state index is -0.537. The van der Waals surface area contributed by atoms with Gasteiger partial charge in [0.1, 0.15) is 22.7 Å². The number of aromatic nitrogens is 3. The van der Waals surface area contributed by atoms with Crippen molar-refractivity contribution in [2.24, 2.45) is 0 Å². The number of thiophene rings is 1. The van der Waals surface area contributed by atoms with E-state index in [1.807, 2.05) is 28.8 Å². The molecule has 0 aromatic carbocycles. The van der Waals surface area contributed by atoms with Crippen molar-refractivity contribution < 1.29 is 9.90 Å². The van der Waals surface area contributed by atoms with Crippen molar-refractivity contribution in [1.82, 2.24) is 19.5 Å². The lowest BCUT2D eigenvalue weighted by molar-refractivity contribution is -0.123. The summed E-state index contributed by atoms with van der Waals surface area (Å²) in [6.45, 7) is 1.67. The Labute approximate surface area is 145 Å². The number of aliphatic hydroxyl groups excluding tert-OH is 1. The molecule has 1 amide bonds. The molecular weight excluding hydrogens is 348 g/mol. The van der Waals surface area contributed by atoms with Crippen molar-refractivity contribution in [3.05, 3.63) is 33.7 Å². The summed E-state index contributed by atoms with van der Waals surface area (Å²) in [4.78, 5) is 25.8. The van der Waals surface area contributed by atoms with Crippen LogP contribution in [0.15, 0.2) is 22.3 Å². The molecule has 1 saturated heterocycles. The van der Waals surface area contributed by atoms with Crippen LogP contribution in [0.2, 0.25) is 0 Å². The molecule has 4 rings (SSSR count). The molecule has 0 spiro atoms. The zero-order valence-corrected chi connectivity index (χ0v) is 14.6. The van der Waals surface area contributed by atoms with Gasteiger partial charge in [-0.1, -0.05) is 0 Å². The van der Waals surface area contributed by atoms with Gasteiger partial charge in [0.25, 0.3) is 5.56 Å². The molecule has 4 heterocycles. The van der Waals surface area contributed by atoms with E-state index in [4.69, 9.17) is 0 Å². The third kappa shape index (κ3) is 2.52. The Balaban J connectivity index is 1.65. The maximum atomic E-state index is 12.6. The van der Waals surface area contributed by atoms with Crippen molar-refractivity contribution in [2.75, 3.05) is 11.5 Å². The van der Waals surface area contributed by atoms with Gasteiger partial charge < -0.3 is 10.4 Å². The number of carbonyl (C=O) groups is 1. The number of rotatable bonds is 3. The van der Waals surface area contributed by atoms with Crippen LogP contribution in [-0.2, 0) is 11.3 Å². The zero-order valence-electron chi connectivity index (χ0n) is 12.9. The lowest BCUT2D eigenvalue weighted by Crippen LogP contribution is -2.45. The van der Waals surface area contributed by atoms with E-state index in [-0.39, 0.29) is 24.1 Å². The predicted octanol–water partition coefficient (Wildman–Crippen LogP) is 0.612. The monoisotopic (exact) mass is 364 g/mol. The van der Waals surface area contributed by atoms with Crippen LogP contribution in [0.1, 0.15) is 5.82 Å². The quantitative estimate of drug-likeness (QED) is 0.711. The molecule has 2 atom stereocenters. The number of nitrogens with zero attached hydrogens (tertiary/aromatic N) is 3. The van der Waals surface area contributed by atoms with Gasteiger partial charge in [0.2, 0.25) is 5.91 Å². The number of nitrogens with one attached hydrogen (secondary N) is 1. The summed E-state index contributed by atoms with van der Waals surface area (Å²) < 4.78 is 3.02. The standard InChI is InChI=1S/C15H16N4O3S2/c1-8-17-18(5-13(21)16-10-6-23-7-12(10)20)14(22)11-4-9-2-3-24-15(9)19(8)11/h2-4,10,12,20H,5-7H2,1H3,(H,16,21). The molecule has 2 unspecified atom stereocenters. The van der Waals surface area contributed by atoms with Crippen LogP contribution in [0.5, 0.6) is 0 Å². The summed E-state index contributed by atoms with van der Waals surface area (Å²) in [6.07, 6.45) is -0.537. The molecule has 0 bridgehead atoms. The van der Waals surface area contributed by atoms with E-state index in [2.05, 4.69) is 10.4 Å². The highest BCUT2D eigenvalue weighted by Gasteiger charge is 2.27. The van der Waals surface area contributed by atoms with E-state index in [0.717, 1.165) is 10.2 Å². The first-order valence-corrected chi connectivity index (χ1v) is 9.59. The van der Waals surface area contributed by atoms with Crippen molar-refractivity contribution in [2.45, 2.75) is 25.6 Å². The second-order valence-electron chi connectivity index (χ2n) is 5.83. The van der Waals surface area contributed by atoms with E-state index in [1.54, 1.807) is 23.1 Å². The fourth-order valence-corrected chi connectivity index (χ4v) is 5.09. The summed E-state index contributed by atoms with van der Waals surface area (Å²) >= 11 is 3.15. The minimum absolute atomic E-state index is 0.150. The Morgan fingerprint density at radius 2 is 2.33 bits per heavy atom. The highest BCUT2D eigenvalue weighted by Crippen LogP contribution is 2.24. The lowest BCUT2D eigenvalue weighted by atomic mass is 10.2. The molecule has 3 aromatic heterocycles. The molecule has 2 N–H and O–H groups in total. The van der Waals surface area contributed by atoms with Gasteiger partial charge in [-0.3, -0.25) is 14.0 Å². The first-order valence-electron chi connectivity index (χ1n) is 7.56. The summed E-state index contributed by atoms with van der Waals surface area (Å²) in [5, 5.41) is 19.8. The summed E-state index contributed by atoms with van der Waals surface area (Å²) in [5.41, 5.74) is 0.231. The SMILES string of the molecule is Cc1nn(CC(=O)NC2CSCC2O)c(=O)c2cc3ccsc3n12. The molecule has 24 heavy (non-hydrogen) atoms. The molecule has 126 valence electrons. The fraction of sp³-hybridized carbons (Fsp3) is 0.400. The van der Waals surface area contributed by atoms with E-state index in [9.17, 15) is 14.7 Å². The van der Waals surface area contributed by atoms with E-state index in [0.29, 0.717) is 22.8 Å². The lowest BCUT2D eigenvalue weighted by Gasteiger charge is -2.16. The van der Waals surface area contributed by atoms with Gasteiger partial charge in [-0.2, -0.15) is 16.9 Å². The molecule has 1 aliphatic heterocycles. The highest BCUT2D eigenvalue weighted by atomic mass is 32.2. The van der Waals surface area contributed by atoms with Crippen LogP contribution in [0, 0.1) is 6.92 Å². The Bertz CT molecular complexity index is 990. The molecular formula is C15H16N4O3S2. The number of aliphatic hydroxyl groups is 1. The van der Waals surface area contributed by atoms with Crippen LogP contribution in [0.3, 0.4) is 0 Å². The first kappa shape index (κ1) is 15.7. The molecule has 1 aliphatic rings. The number of aryl methyl sites for hydroxylation is 1. The van der Waals surface area contributed by atoms with Crippen molar-refractivity contribution in [1.29, 1.82) is 0 Å². The predicted molar refractivity (Wildman–Crippen MR) is 94.8 cm³/mol. The molecule has 0 saturated carbocycles. The average molecular weight is 364 g/mol. The van der Waals surface area contributed by atoms with Gasteiger partial charge in [0, 0.05) is 16.9 Å². The maximum Gasteiger partial charge on any atom is 0.291 e. The number of hydrogen-bond donors (Lipinski definition) is 2. The summed E-state index contributed by atoms with van der Waals surface area (Å²) in [6, 6.07) is 3.53. The summed E-state index contributed by atoms with van der Waals surface area (Å²) in [7, 11) is 0. The van der Waals surface area contributed by atoms with Gasteiger partial charge in [0.15, 0.2) is 0 Å². The number of carbonyl (C=O) groups excluding carboxylic acids is 1. The van der Waals surface area contributed by atoms with Gasteiger partial charge in [-0.05, 0) is 24.4 Å². The van der Waals surface area contributed by atoms with Crippen molar-refractivity contribution >= 4 is 44.7 Å². The van der Waals surface area contributed by atoms with Gasteiger partial charge >= 0.3 is 0 Å². The second kappa shape index (κ2) is 5.91. The number of amides is 1. The third-order valence-corrected chi connectivity index (χ3v) is 6.23. The Morgan fingerprint density at radius 1 is 1.50 bits per heavy atom. The molecule has 9 heteroatoms. The Kier molecular flexibility index (Phi) is 3.86. The van der Waals surface area contributed by atoms with E-state index >= 15 is 0 Å². The molecule has 1 fully saturated rings. The van der Waals surface area contributed by atoms with Gasteiger partial charge in [-0.15, -0.1) is 11.3 Å². The van der Waals surface area contributed by atoms with Crippen molar-refractivity contribution in [3.8, 4) is 0 Å².